The number of pyridine rings is 1. The van der Waals surface area contributed by atoms with Gasteiger partial charge in [0.2, 0.25) is 0 Å². The molecule has 0 radical (unpaired) electrons. The van der Waals surface area contributed by atoms with E-state index in [1.807, 2.05) is 20.0 Å². The molecule has 0 fully saturated rings. The zero-order valence-corrected chi connectivity index (χ0v) is 12.4. The summed E-state index contributed by atoms with van der Waals surface area (Å²) in [6, 6.07) is 3.40. The predicted octanol–water partition coefficient (Wildman–Crippen LogP) is 1.50. The highest BCUT2D eigenvalue weighted by atomic mass is 32.1. The van der Waals surface area contributed by atoms with E-state index in [1.165, 1.54) is 11.3 Å². The largest absolute Gasteiger partial charge is 0.397 e. The van der Waals surface area contributed by atoms with Crippen molar-refractivity contribution < 1.29 is 4.79 Å². The minimum absolute atomic E-state index is 0.231. The van der Waals surface area contributed by atoms with Crippen molar-refractivity contribution in [2.45, 2.75) is 13.0 Å². The van der Waals surface area contributed by atoms with Gasteiger partial charge in [-0.15, -0.1) is 21.5 Å². The maximum Gasteiger partial charge on any atom is 0.264 e. The van der Waals surface area contributed by atoms with Crippen LogP contribution in [0.2, 0.25) is 0 Å². The Hall–Kier alpha value is -2.48. The summed E-state index contributed by atoms with van der Waals surface area (Å²) < 4.78 is 1.76. The molecule has 3 aromatic heterocycles. The summed E-state index contributed by atoms with van der Waals surface area (Å²) in [6.45, 7) is 1.85. The van der Waals surface area contributed by atoms with Gasteiger partial charge in [-0.25, -0.2) is 4.98 Å². The third-order valence-corrected chi connectivity index (χ3v) is 4.32. The molecule has 3 rings (SSSR count). The SMILES string of the molecule is CC(NC(=O)c1sc2ncccc2c1N)c1nncn1C. The number of nitrogen functional groups attached to an aromatic ring is 1. The summed E-state index contributed by atoms with van der Waals surface area (Å²) in [6.07, 6.45) is 3.28. The molecule has 8 heteroatoms. The van der Waals surface area contributed by atoms with Crippen LogP contribution in [0.15, 0.2) is 24.7 Å². The minimum atomic E-state index is -0.262. The normalized spacial score (nSPS) is 12.5. The van der Waals surface area contributed by atoms with Gasteiger partial charge in [-0.2, -0.15) is 0 Å². The second kappa shape index (κ2) is 5.13. The number of amides is 1. The average molecular weight is 302 g/mol. The number of rotatable bonds is 3. The van der Waals surface area contributed by atoms with Gasteiger partial charge in [-0.1, -0.05) is 0 Å². The fraction of sp³-hybridized carbons (Fsp3) is 0.231. The smallest absolute Gasteiger partial charge is 0.264 e. The van der Waals surface area contributed by atoms with E-state index in [4.69, 9.17) is 5.73 Å². The van der Waals surface area contributed by atoms with Gasteiger partial charge in [-0.05, 0) is 19.1 Å². The molecule has 0 saturated heterocycles. The number of nitrogens with two attached hydrogens (primary N) is 1. The van der Waals surface area contributed by atoms with Crippen molar-refractivity contribution in [3.8, 4) is 0 Å². The van der Waals surface area contributed by atoms with Crippen LogP contribution in [0.3, 0.4) is 0 Å². The first-order valence-electron chi connectivity index (χ1n) is 6.35. The van der Waals surface area contributed by atoms with E-state index in [1.54, 1.807) is 23.2 Å². The molecule has 0 bridgehead atoms. The van der Waals surface area contributed by atoms with Crippen LogP contribution in [0.5, 0.6) is 0 Å². The molecule has 0 aliphatic heterocycles. The molecular weight excluding hydrogens is 288 g/mol. The lowest BCUT2D eigenvalue weighted by Gasteiger charge is -2.12. The van der Waals surface area contributed by atoms with Gasteiger partial charge in [0.15, 0.2) is 5.82 Å². The fourth-order valence-corrected chi connectivity index (χ4v) is 3.10. The number of aryl methyl sites for hydroxylation is 1. The number of hydrogen-bond donors (Lipinski definition) is 2. The van der Waals surface area contributed by atoms with Gasteiger partial charge in [-0.3, -0.25) is 4.79 Å². The zero-order valence-electron chi connectivity index (χ0n) is 11.6. The monoisotopic (exact) mass is 302 g/mol. The Kier molecular flexibility index (Phi) is 3.30. The summed E-state index contributed by atoms with van der Waals surface area (Å²) in [5.74, 6) is 0.451. The standard InChI is InChI=1S/C13H14N6OS/c1-7(11-18-16-6-19(11)2)17-12(20)10-9(14)8-4-3-5-15-13(8)21-10/h3-7H,14H2,1-2H3,(H,17,20). The maximum atomic E-state index is 12.4. The number of anilines is 1. The van der Waals surface area contributed by atoms with Crippen molar-refractivity contribution in [2.24, 2.45) is 7.05 Å². The van der Waals surface area contributed by atoms with Crippen LogP contribution in [0.1, 0.15) is 28.5 Å². The molecule has 0 aliphatic carbocycles. The lowest BCUT2D eigenvalue weighted by molar-refractivity contribution is 0.0943. The third kappa shape index (κ3) is 2.33. The first-order chi connectivity index (χ1) is 10.1. The number of carbonyl (C=O) groups is 1. The second-order valence-corrected chi connectivity index (χ2v) is 5.70. The molecule has 3 aromatic rings. The molecule has 3 heterocycles. The number of nitrogens with zero attached hydrogens (tertiary/aromatic N) is 4. The summed E-state index contributed by atoms with van der Waals surface area (Å²) in [4.78, 5) is 17.8. The van der Waals surface area contributed by atoms with Crippen molar-refractivity contribution in [3.05, 3.63) is 35.4 Å². The van der Waals surface area contributed by atoms with Crippen LogP contribution in [0.25, 0.3) is 10.2 Å². The summed E-state index contributed by atoms with van der Waals surface area (Å²) in [7, 11) is 1.83. The summed E-state index contributed by atoms with van der Waals surface area (Å²) in [5, 5.41) is 11.5. The Morgan fingerprint density at radius 1 is 1.52 bits per heavy atom. The van der Waals surface area contributed by atoms with Crippen molar-refractivity contribution in [3.63, 3.8) is 0 Å². The molecule has 0 aliphatic rings. The van der Waals surface area contributed by atoms with E-state index in [9.17, 15) is 4.79 Å². The highest BCUT2D eigenvalue weighted by Gasteiger charge is 2.20. The van der Waals surface area contributed by atoms with Crippen LogP contribution in [-0.2, 0) is 7.05 Å². The topological polar surface area (TPSA) is 98.7 Å². The minimum Gasteiger partial charge on any atom is -0.397 e. The maximum absolute atomic E-state index is 12.4. The number of carbonyl (C=O) groups excluding carboxylic acids is 1. The number of fused-ring (bicyclic) bond motifs is 1. The van der Waals surface area contributed by atoms with Crippen molar-refractivity contribution in [2.75, 3.05) is 5.73 Å². The van der Waals surface area contributed by atoms with Crippen molar-refractivity contribution in [1.82, 2.24) is 25.1 Å². The molecule has 0 aromatic carbocycles. The van der Waals surface area contributed by atoms with E-state index in [0.717, 1.165) is 10.2 Å². The van der Waals surface area contributed by atoms with Crippen LogP contribution < -0.4 is 11.1 Å². The first kappa shape index (κ1) is 13.5. The molecular formula is C13H14N6OS. The summed E-state index contributed by atoms with van der Waals surface area (Å²) >= 11 is 1.28. The van der Waals surface area contributed by atoms with Crippen LogP contribution in [-0.4, -0.2) is 25.7 Å². The van der Waals surface area contributed by atoms with E-state index in [0.29, 0.717) is 16.4 Å². The van der Waals surface area contributed by atoms with Crippen molar-refractivity contribution >= 4 is 33.1 Å². The molecule has 21 heavy (non-hydrogen) atoms. The van der Waals surface area contributed by atoms with E-state index in [-0.39, 0.29) is 11.9 Å². The zero-order chi connectivity index (χ0) is 15.0. The first-order valence-corrected chi connectivity index (χ1v) is 7.17. The Labute approximate surface area is 124 Å². The van der Waals surface area contributed by atoms with Gasteiger partial charge in [0.25, 0.3) is 5.91 Å². The van der Waals surface area contributed by atoms with E-state index in [2.05, 4.69) is 20.5 Å². The molecule has 7 nitrogen and oxygen atoms in total. The number of thiophene rings is 1. The highest BCUT2D eigenvalue weighted by Crippen LogP contribution is 2.32. The number of hydrogen-bond acceptors (Lipinski definition) is 6. The van der Waals surface area contributed by atoms with Crippen LogP contribution >= 0.6 is 11.3 Å². The van der Waals surface area contributed by atoms with E-state index < -0.39 is 0 Å². The lowest BCUT2D eigenvalue weighted by Crippen LogP contribution is -2.28. The third-order valence-electron chi connectivity index (χ3n) is 3.19. The Morgan fingerprint density at radius 2 is 2.33 bits per heavy atom. The molecule has 3 N–H and O–H groups in total. The summed E-state index contributed by atoms with van der Waals surface area (Å²) in [5.41, 5.74) is 6.50. The number of aromatic nitrogens is 4. The molecule has 0 spiro atoms. The van der Waals surface area contributed by atoms with Crippen molar-refractivity contribution in [1.29, 1.82) is 0 Å². The number of nitrogens with one attached hydrogen (secondary N) is 1. The Morgan fingerprint density at radius 3 is 3.00 bits per heavy atom. The average Bonchev–Trinajstić information content (AvgIpc) is 3.03. The molecule has 108 valence electrons. The molecule has 1 amide bonds. The molecule has 1 unspecified atom stereocenters. The Bertz CT molecular complexity index is 808. The quantitative estimate of drug-likeness (QED) is 0.764. The van der Waals surface area contributed by atoms with Gasteiger partial charge in [0.1, 0.15) is 16.0 Å². The van der Waals surface area contributed by atoms with Crippen LogP contribution in [0, 0.1) is 0 Å². The molecule has 0 saturated carbocycles. The second-order valence-electron chi connectivity index (χ2n) is 4.70. The Balaban J connectivity index is 1.87. The lowest BCUT2D eigenvalue weighted by atomic mass is 10.2. The fourth-order valence-electron chi connectivity index (χ4n) is 2.13. The van der Waals surface area contributed by atoms with E-state index >= 15 is 0 Å². The molecule has 1 atom stereocenters. The van der Waals surface area contributed by atoms with Crippen LogP contribution in [0.4, 0.5) is 5.69 Å². The van der Waals surface area contributed by atoms with Gasteiger partial charge >= 0.3 is 0 Å². The predicted molar refractivity (Wildman–Crippen MR) is 80.9 cm³/mol. The highest BCUT2D eigenvalue weighted by molar-refractivity contribution is 7.21. The van der Waals surface area contributed by atoms with Gasteiger partial charge < -0.3 is 15.6 Å². The van der Waals surface area contributed by atoms with Gasteiger partial charge in [0.05, 0.1) is 11.7 Å². The van der Waals surface area contributed by atoms with Gasteiger partial charge in [0, 0.05) is 18.6 Å².